The van der Waals surface area contributed by atoms with Crippen LogP contribution < -0.4 is 0 Å². The second-order valence-corrected chi connectivity index (χ2v) is 4.49. The van der Waals surface area contributed by atoms with Crippen LogP contribution in [0.3, 0.4) is 0 Å². The topological polar surface area (TPSA) is 188 Å². The van der Waals surface area contributed by atoms with Crippen molar-refractivity contribution in [2.24, 2.45) is 0 Å². The third-order valence-electron chi connectivity index (χ3n) is 2.09. The molecule has 0 aromatic rings. The van der Waals surface area contributed by atoms with Gasteiger partial charge in [0.25, 0.3) is 0 Å². The van der Waals surface area contributed by atoms with E-state index in [0.29, 0.717) is 0 Å². The zero-order chi connectivity index (χ0) is 12.5. The monoisotopic (exact) mass is 301 g/mol. The number of phosphoric ester groups is 1. The summed E-state index contributed by atoms with van der Waals surface area (Å²) in [4.78, 5) is 17.0. The van der Waals surface area contributed by atoms with Crippen molar-refractivity contribution in [3.8, 4) is 0 Å². The molecule has 0 aromatic heterocycles. The maximum atomic E-state index is 10.5. The van der Waals surface area contributed by atoms with Gasteiger partial charge < -0.3 is 40.4 Å². The van der Waals surface area contributed by atoms with Crippen molar-refractivity contribution in [1.29, 1.82) is 0 Å². The Bertz CT molecular complexity index is 282. The molecule has 18 heavy (non-hydrogen) atoms. The first-order valence-electron chi connectivity index (χ1n) is 4.30. The SMILES string of the molecule is O.O=P(O)(O)O[C@H]1O[C@H](CO)[C@@H](O)[C@H](O)[C@H]1O.[Na]. The van der Waals surface area contributed by atoms with E-state index in [1.807, 2.05) is 0 Å². The Balaban J connectivity index is 0. The van der Waals surface area contributed by atoms with Crippen molar-refractivity contribution < 1.29 is 49.5 Å². The molecule has 1 aliphatic heterocycles. The van der Waals surface area contributed by atoms with Gasteiger partial charge in [-0.15, -0.1) is 0 Å². The molecule has 0 spiro atoms. The summed E-state index contributed by atoms with van der Waals surface area (Å²) in [5, 5.41) is 36.6. The van der Waals surface area contributed by atoms with Crippen LogP contribution in [-0.2, 0) is 13.8 Å². The Kier molecular flexibility index (Phi) is 9.67. The molecular weight excluding hydrogens is 286 g/mol. The molecule has 1 aliphatic rings. The first-order valence-corrected chi connectivity index (χ1v) is 5.83. The van der Waals surface area contributed by atoms with E-state index in [4.69, 9.17) is 14.9 Å². The van der Waals surface area contributed by atoms with E-state index in [0.717, 1.165) is 0 Å². The summed E-state index contributed by atoms with van der Waals surface area (Å²) in [6.45, 7) is -0.702. The molecule has 0 saturated carbocycles. The fourth-order valence-electron chi connectivity index (χ4n) is 1.29. The Morgan fingerprint density at radius 2 is 1.61 bits per heavy atom. The molecular formula is C6H15NaO10P. The smallest absolute Gasteiger partial charge is 0.412 e. The van der Waals surface area contributed by atoms with Crippen molar-refractivity contribution >= 4 is 37.4 Å². The minimum Gasteiger partial charge on any atom is -0.412 e. The molecule has 0 aliphatic carbocycles. The van der Waals surface area contributed by atoms with Gasteiger partial charge in [-0.2, -0.15) is 0 Å². The molecule has 10 nitrogen and oxygen atoms in total. The molecule has 0 aromatic carbocycles. The second kappa shape index (κ2) is 8.22. The van der Waals surface area contributed by atoms with Gasteiger partial charge >= 0.3 is 7.82 Å². The first kappa shape index (κ1) is 21.2. The molecule has 1 saturated heterocycles. The Morgan fingerprint density at radius 3 is 2.00 bits per heavy atom. The van der Waals surface area contributed by atoms with E-state index in [9.17, 15) is 19.9 Å². The predicted octanol–water partition coefficient (Wildman–Crippen LogP) is -4.31. The molecule has 1 radical (unpaired) electrons. The standard InChI is InChI=1S/C6H13O9P.Na.H2O/c7-1-2-3(8)4(9)5(10)6(14-2)15-16(11,12)13;;/h2-10H,1H2,(H2,11,12,13);;1H2/t2-,3-,4+,5-,6-;;/m1../s1. The summed E-state index contributed by atoms with van der Waals surface area (Å²) in [6.07, 6.45) is -8.25. The fourth-order valence-corrected chi connectivity index (χ4v) is 1.73. The van der Waals surface area contributed by atoms with Crippen molar-refractivity contribution in [2.75, 3.05) is 6.61 Å². The number of aliphatic hydroxyl groups is 4. The van der Waals surface area contributed by atoms with E-state index in [1.165, 1.54) is 0 Å². The number of hydrogen-bond donors (Lipinski definition) is 6. The van der Waals surface area contributed by atoms with Crippen molar-refractivity contribution in [1.82, 2.24) is 0 Å². The Morgan fingerprint density at radius 1 is 1.11 bits per heavy atom. The van der Waals surface area contributed by atoms with Crippen LogP contribution in [0.1, 0.15) is 0 Å². The van der Waals surface area contributed by atoms with Gasteiger partial charge in [0.15, 0.2) is 6.29 Å². The van der Waals surface area contributed by atoms with Crippen LogP contribution in [0.25, 0.3) is 0 Å². The van der Waals surface area contributed by atoms with E-state index >= 15 is 0 Å². The first-order chi connectivity index (χ1) is 7.26. The number of hydrogen-bond acceptors (Lipinski definition) is 7. The molecule has 0 bridgehead atoms. The van der Waals surface area contributed by atoms with Gasteiger partial charge in [-0.05, 0) is 0 Å². The molecule has 5 atom stereocenters. The minimum atomic E-state index is -4.91. The van der Waals surface area contributed by atoms with Crippen LogP contribution in [0.4, 0.5) is 0 Å². The van der Waals surface area contributed by atoms with Gasteiger partial charge in [0.1, 0.15) is 24.4 Å². The summed E-state index contributed by atoms with van der Waals surface area (Å²) in [6, 6.07) is 0. The third-order valence-corrected chi connectivity index (χ3v) is 2.57. The zero-order valence-electron chi connectivity index (χ0n) is 9.45. The molecule has 12 heteroatoms. The van der Waals surface area contributed by atoms with Crippen LogP contribution in [0.15, 0.2) is 0 Å². The van der Waals surface area contributed by atoms with Crippen LogP contribution in [-0.4, -0.2) is 103 Å². The third kappa shape index (κ3) is 5.47. The largest absolute Gasteiger partial charge is 0.472 e. The zero-order valence-corrected chi connectivity index (χ0v) is 12.3. The van der Waals surface area contributed by atoms with Gasteiger partial charge in [-0.3, -0.25) is 4.52 Å². The maximum Gasteiger partial charge on any atom is 0.472 e. The quantitative estimate of drug-likeness (QED) is 0.221. The molecule has 105 valence electrons. The number of aliphatic hydroxyl groups excluding tert-OH is 4. The van der Waals surface area contributed by atoms with Gasteiger partial charge in [0, 0.05) is 29.6 Å². The fraction of sp³-hybridized carbons (Fsp3) is 1.00. The molecule has 1 fully saturated rings. The van der Waals surface area contributed by atoms with Crippen molar-refractivity contribution in [2.45, 2.75) is 30.7 Å². The van der Waals surface area contributed by atoms with Crippen molar-refractivity contribution in [3.63, 3.8) is 0 Å². The van der Waals surface area contributed by atoms with Gasteiger partial charge in [-0.1, -0.05) is 0 Å². The average molecular weight is 301 g/mol. The molecule has 1 rings (SSSR count). The summed E-state index contributed by atoms with van der Waals surface area (Å²) in [7, 11) is -4.91. The van der Waals surface area contributed by atoms with Crippen molar-refractivity contribution in [3.05, 3.63) is 0 Å². The molecule has 0 unspecified atom stereocenters. The van der Waals surface area contributed by atoms with E-state index in [2.05, 4.69) is 9.26 Å². The second-order valence-electron chi connectivity index (χ2n) is 3.29. The van der Waals surface area contributed by atoms with Crippen LogP contribution in [0.2, 0.25) is 0 Å². The summed E-state index contributed by atoms with van der Waals surface area (Å²) in [5.74, 6) is 0. The maximum absolute atomic E-state index is 10.5. The Hall–Kier alpha value is 0.870. The van der Waals surface area contributed by atoms with Crippen LogP contribution in [0, 0.1) is 0 Å². The predicted molar refractivity (Wildman–Crippen MR) is 56.3 cm³/mol. The summed E-state index contributed by atoms with van der Waals surface area (Å²) < 4.78 is 19.2. The number of rotatable bonds is 3. The number of phosphoric acid groups is 1. The minimum absolute atomic E-state index is 0. The Labute approximate surface area is 124 Å². The van der Waals surface area contributed by atoms with Crippen LogP contribution in [0.5, 0.6) is 0 Å². The van der Waals surface area contributed by atoms with E-state index in [-0.39, 0.29) is 35.0 Å². The van der Waals surface area contributed by atoms with Crippen LogP contribution >= 0.6 is 7.82 Å². The summed E-state index contributed by atoms with van der Waals surface area (Å²) >= 11 is 0. The molecule has 8 N–H and O–H groups in total. The molecule has 1 heterocycles. The number of ether oxygens (including phenoxy) is 1. The average Bonchev–Trinajstić information content (AvgIpc) is 2.17. The van der Waals surface area contributed by atoms with E-state index < -0.39 is 45.1 Å². The molecule has 0 amide bonds. The van der Waals surface area contributed by atoms with Gasteiger partial charge in [0.2, 0.25) is 0 Å². The van der Waals surface area contributed by atoms with Gasteiger partial charge in [-0.25, -0.2) is 4.57 Å². The normalized spacial score (nSPS) is 36.4. The van der Waals surface area contributed by atoms with Gasteiger partial charge in [0.05, 0.1) is 6.61 Å². The van der Waals surface area contributed by atoms with E-state index in [1.54, 1.807) is 0 Å². The summed E-state index contributed by atoms with van der Waals surface area (Å²) in [5.41, 5.74) is 0.